The molecule has 2 nitrogen and oxygen atoms in total. The van der Waals surface area contributed by atoms with Crippen LogP contribution in [0.15, 0.2) is 30.3 Å². The number of carbonyl (C=O) groups is 1. The van der Waals surface area contributed by atoms with Crippen LogP contribution in [-0.4, -0.2) is 12.9 Å². The molecule has 0 N–H and O–H groups in total. The summed E-state index contributed by atoms with van der Waals surface area (Å²) in [5, 5.41) is 0. The Kier molecular flexibility index (Phi) is 4.10. The average molecular weight is 204 g/mol. The van der Waals surface area contributed by atoms with E-state index in [1.165, 1.54) is 0 Å². The fourth-order valence-corrected chi connectivity index (χ4v) is 1.17. The number of ether oxygens (including phenoxy) is 1. The summed E-state index contributed by atoms with van der Waals surface area (Å²) in [6.45, 7) is 3.77. The van der Waals surface area contributed by atoms with E-state index in [1.807, 2.05) is 38.1 Å². The van der Waals surface area contributed by atoms with Gasteiger partial charge in [0.15, 0.2) is 5.78 Å². The van der Waals surface area contributed by atoms with Gasteiger partial charge in [-0.05, 0) is 18.2 Å². The maximum Gasteiger partial charge on any atom is 0.158 e. The number of hydrogen-bond acceptors (Lipinski definition) is 2. The monoisotopic (exact) mass is 204 g/mol. The molecule has 0 saturated heterocycles. The Hall–Kier alpha value is -1.57. The van der Waals surface area contributed by atoms with Crippen LogP contribution in [0.25, 0.3) is 6.08 Å². The SMILES string of the molecule is COc1ccccc1C=CC(=O)C(C)C. The topological polar surface area (TPSA) is 26.3 Å². The molecule has 0 atom stereocenters. The number of methoxy groups -OCH3 is 1. The van der Waals surface area contributed by atoms with Crippen LogP contribution in [0.3, 0.4) is 0 Å². The van der Waals surface area contributed by atoms with Crippen molar-refractivity contribution in [3.63, 3.8) is 0 Å². The molecule has 15 heavy (non-hydrogen) atoms. The van der Waals surface area contributed by atoms with Gasteiger partial charge in [-0.2, -0.15) is 0 Å². The van der Waals surface area contributed by atoms with Crippen molar-refractivity contribution in [2.75, 3.05) is 7.11 Å². The first-order valence-electron chi connectivity index (χ1n) is 5.00. The molecule has 0 amide bonds. The third-order valence-corrected chi connectivity index (χ3v) is 2.14. The second-order valence-electron chi connectivity index (χ2n) is 3.63. The highest BCUT2D eigenvalue weighted by Gasteiger charge is 2.02. The van der Waals surface area contributed by atoms with Crippen LogP contribution in [0.4, 0.5) is 0 Å². The van der Waals surface area contributed by atoms with E-state index in [4.69, 9.17) is 4.74 Å². The van der Waals surface area contributed by atoms with Crippen molar-refractivity contribution in [3.8, 4) is 5.75 Å². The molecule has 1 rings (SSSR count). The van der Waals surface area contributed by atoms with Gasteiger partial charge in [0.05, 0.1) is 7.11 Å². The summed E-state index contributed by atoms with van der Waals surface area (Å²) >= 11 is 0. The number of hydrogen-bond donors (Lipinski definition) is 0. The first-order valence-corrected chi connectivity index (χ1v) is 5.00. The molecule has 0 saturated carbocycles. The molecule has 1 aromatic rings. The molecule has 80 valence electrons. The Bertz CT molecular complexity index is 365. The predicted octanol–water partition coefficient (Wildman–Crippen LogP) is 2.93. The van der Waals surface area contributed by atoms with Crippen LogP contribution < -0.4 is 4.74 Å². The second kappa shape index (κ2) is 5.35. The zero-order valence-electron chi connectivity index (χ0n) is 9.36. The van der Waals surface area contributed by atoms with Crippen molar-refractivity contribution in [1.29, 1.82) is 0 Å². The zero-order chi connectivity index (χ0) is 11.3. The van der Waals surface area contributed by atoms with Crippen LogP contribution in [0, 0.1) is 5.92 Å². The van der Waals surface area contributed by atoms with Crippen molar-refractivity contribution >= 4 is 11.9 Å². The third-order valence-electron chi connectivity index (χ3n) is 2.14. The minimum atomic E-state index is 0.0379. The lowest BCUT2D eigenvalue weighted by Gasteiger charge is -2.03. The molecule has 0 radical (unpaired) electrons. The molecule has 0 unspecified atom stereocenters. The minimum Gasteiger partial charge on any atom is -0.496 e. The van der Waals surface area contributed by atoms with Crippen LogP contribution in [0.5, 0.6) is 5.75 Å². The van der Waals surface area contributed by atoms with E-state index in [0.29, 0.717) is 0 Å². The Morgan fingerprint density at radius 1 is 1.33 bits per heavy atom. The van der Waals surface area contributed by atoms with E-state index >= 15 is 0 Å². The first kappa shape index (κ1) is 11.5. The summed E-state index contributed by atoms with van der Waals surface area (Å²) in [4.78, 5) is 11.4. The van der Waals surface area contributed by atoms with Crippen LogP contribution in [-0.2, 0) is 4.79 Å². The predicted molar refractivity (Wildman–Crippen MR) is 61.9 cm³/mol. The van der Waals surface area contributed by atoms with Gasteiger partial charge in [0.2, 0.25) is 0 Å². The summed E-state index contributed by atoms with van der Waals surface area (Å²) in [6.07, 6.45) is 3.39. The van der Waals surface area contributed by atoms with Gasteiger partial charge < -0.3 is 4.74 Å². The molecule has 0 aliphatic carbocycles. The highest BCUT2D eigenvalue weighted by molar-refractivity contribution is 5.95. The second-order valence-corrected chi connectivity index (χ2v) is 3.63. The summed E-state index contributed by atoms with van der Waals surface area (Å²) < 4.78 is 5.18. The van der Waals surface area contributed by atoms with Crippen LogP contribution >= 0.6 is 0 Å². The Morgan fingerprint density at radius 2 is 2.00 bits per heavy atom. The van der Waals surface area contributed by atoms with E-state index < -0.39 is 0 Å². The maximum atomic E-state index is 11.4. The first-order chi connectivity index (χ1) is 7.15. The summed E-state index contributed by atoms with van der Waals surface area (Å²) in [7, 11) is 1.62. The average Bonchev–Trinajstić information content (AvgIpc) is 2.26. The van der Waals surface area contributed by atoms with Crippen molar-refractivity contribution in [2.45, 2.75) is 13.8 Å². The summed E-state index contributed by atoms with van der Waals surface area (Å²) in [5.74, 6) is 0.946. The van der Waals surface area contributed by atoms with Gasteiger partial charge in [0.25, 0.3) is 0 Å². The fraction of sp³-hybridized carbons (Fsp3) is 0.308. The van der Waals surface area contributed by atoms with Gasteiger partial charge in [-0.1, -0.05) is 32.0 Å². The van der Waals surface area contributed by atoms with E-state index in [1.54, 1.807) is 19.3 Å². The number of ketones is 1. The molecule has 0 aliphatic heterocycles. The highest BCUT2D eigenvalue weighted by atomic mass is 16.5. The molecule has 0 bridgehead atoms. The van der Waals surface area contributed by atoms with Gasteiger partial charge in [-0.25, -0.2) is 0 Å². The zero-order valence-corrected chi connectivity index (χ0v) is 9.36. The largest absolute Gasteiger partial charge is 0.496 e. The van der Waals surface area contributed by atoms with E-state index in [-0.39, 0.29) is 11.7 Å². The van der Waals surface area contributed by atoms with Crippen molar-refractivity contribution in [3.05, 3.63) is 35.9 Å². The number of allylic oxidation sites excluding steroid dienone is 1. The van der Waals surface area contributed by atoms with Crippen molar-refractivity contribution in [2.24, 2.45) is 5.92 Å². The lowest BCUT2D eigenvalue weighted by atomic mass is 10.1. The summed E-state index contributed by atoms with van der Waals surface area (Å²) in [5.41, 5.74) is 0.925. The molecule has 0 spiro atoms. The highest BCUT2D eigenvalue weighted by Crippen LogP contribution is 2.18. The smallest absolute Gasteiger partial charge is 0.158 e. The number of carbonyl (C=O) groups excluding carboxylic acids is 1. The fourth-order valence-electron chi connectivity index (χ4n) is 1.17. The molecular formula is C13H16O2. The Balaban J connectivity index is 2.84. The Morgan fingerprint density at radius 3 is 2.60 bits per heavy atom. The number of rotatable bonds is 4. The van der Waals surface area contributed by atoms with Crippen molar-refractivity contribution in [1.82, 2.24) is 0 Å². The van der Waals surface area contributed by atoms with Crippen LogP contribution in [0.1, 0.15) is 19.4 Å². The quantitative estimate of drug-likeness (QED) is 0.705. The van der Waals surface area contributed by atoms with Crippen LogP contribution in [0.2, 0.25) is 0 Å². The van der Waals surface area contributed by atoms with Gasteiger partial charge >= 0.3 is 0 Å². The van der Waals surface area contributed by atoms with Gasteiger partial charge in [0.1, 0.15) is 5.75 Å². The van der Waals surface area contributed by atoms with E-state index in [9.17, 15) is 4.79 Å². The number of benzene rings is 1. The minimum absolute atomic E-state index is 0.0379. The van der Waals surface area contributed by atoms with Gasteiger partial charge in [-0.15, -0.1) is 0 Å². The summed E-state index contributed by atoms with van der Waals surface area (Å²) in [6, 6.07) is 7.62. The number of para-hydroxylation sites is 1. The Labute approximate surface area is 90.6 Å². The van der Waals surface area contributed by atoms with E-state index in [2.05, 4.69) is 0 Å². The molecular weight excluding hydrogens is 188 g/mol. The van der Waals surface area contributed by atoms with E-state index in [0.717, 1.165) is 11.3 Å². The van der Waals surface area contributed by atoms with Gasteiger partial charge in [-0.3, -0.25) is 4.79 Å². The standard InChI is InChI=1S/C13H16O2/c1-10(2)12(14)9-8-11-6-4-5-7-13(11)15-3/h4-10H,1-3H3. The van der Waals surface area contributed by atoms with Crippen molar-refractivity contribution < 1.29 is 9.53 Å². The third kappa shape index (κ3) is 3.24. The molecule has 0 fully saturated rings. The lowest BCUT2D eigenvalue weighted by Crippen LogP contribution is -2.01. The molecule has 1 aromatic carbocycles. The molecule has 0 aromatic heterocycles. The maximum absolute atomic E-state index is 11.4. The normalized spacial score (nSPS) is 10.9. The van der Waals surface area contributed by atoms with Gasteiger partial charge in [0, 0.05) is 11.5 Å². The lowest BCUT2D eigenvalue weighted by molar-refractivity contribution is -0.117. The molecule has 0 aliphatic rings. The molecule has 0 heterocycles. The molecule has 2 heteroatoms.